The molecule has 3 rings (SSSR count). The van der Waals surface area contributed by atoms with Crippen LogP contribution in [0.2, 0.25) is 0 Å². The fourth-order valence-corrected chi connectivity index (χ4v) is 3.04. The monoisotopic (exact) mass is 360 g/mol. The number of nitrogens with zero attached hydrogens (tertiary/aromatic N) is 2. The lowest BCUT2D eigenvalue weighted by molar-refractivity contribution is -0.151. The van der Waals surface area contributed by atoms with E-state index in [0.717, 1.165) is 0 Å². The summed E-state index contributed by atoms with van der Waals surface area (Å²) in [4.78, 5) is 25.9. The van der Waals surface area contributed by atoms with Crippen molar-refractivity contribution >= 4 is 11.9 Å². The number of carbonyl (C=O) groups excluding carboxylic acids is 2. The predicted octanol–water partition coefficient (Wildman–Crippen LogP) is 2.82. The highest BCUT2D eigenvalue weighted by molar-refractivity contribution is 5.79. The van der Waals surface area contributed by atoms with Crippen LogP contribution in [0.25, 0.3) is 11.3 Å². The summed E-state index contributed by atoms with van der Waals surface area (Å²) in [7, 11) is 0. The van der Waals surface area contributed by atoms with Gasteiger partial charge in [-0.1, -0.05) is 5.16 Å². The van der Waals surface area contributed by atoms with Crippen molar-refractivity contribution in [2.45, 2.75) is 26.2 Å². The summed E-state index contributed by atoms with van der Waals surface area (Å²) in [5, 5.41) is 3.93. The smallest absolute Gasteiger partial charge is 0.309 e. The lowest BCUT2D eigenvalue weighted by Crippen LogP contribution is -2.41. The minimum Gasteiger partial charge on any atom is -0.466 e. The van der Waals surface area contributed by atoms with Crippen molar-refractivity contribution in [2.75, 3.05) is 19.7 Å². The van der Waals surface area contributed by atoms with E-state index >= 15 is 0 Å². The molecule has 26 heavy (non-hydrogen) atoms. The van der Waals surface area contributed by atoms with Gasteiger partial charge in [0.1, 0.15) is 5.82 Å². The van der Waals surface area contributed by atoms with Crippen molar-refractivity contribution in [2.24, 2.45) is 5.92 Å². The van der Waals surface area contributed by atoms with E-state index in [2.05, 4.69) is 5.16 Å². The van der Waals surface area contributed by atoms with Gasteiger partial charge in [-0.3, -0.25) is 9.59 Å². The summed E-state index contributed by atoms with van der Waals surface area (Å²) in [5.74, 6) is -0.189. The molecule has 1 amide bonds. The summed E-state index contributed by atoms with van der Waals surface area (Å²) in [6, 6.07) is 7.58. The Morgan fingerprint density at radius 1 is 1.27 bits per heavy atom. The van der Waals surface area contributed by atoms with E-state index in [-0.39, 0.29) is 30.0 Å². The van der Waals surface area contributed by atoms with Crippen LogP contribution in [-0.4, -0.2) is 41.6 Å². The Morgan fingerprint density at radius 2 is 1.96 bits per heavy atom. The van der Waals surface area contributed by atoms with Crippen molar-refractivity contribution in [1.82, 2.24) is 10.1 Å². The Bertz CT molecular complexity index is 764. The number of rotatable bonds is 5. The first-order valence-electron chi connectivity index (χ1n) is 8.72. The van der Waals surface area contributed by atoms with Crippen molar-refractivity contribution in [3.05, 3.63) is 41.8 Å². The molecule has 1 saturated heterocycles. The standard InChI is InChI=1S/C19H21FN2O4/c1-2-25-19(24)14-7-9-22(10-8-14)18(23)12-16-11-17(26-21-16)13-3-5-15(20)6-4-13/h3-6,11,14H,2,7-10,12H2,1H3. The average Bonchev–Trinajstić information content (AvgIpc) is 3.11. The second-order valence-electron chi connectivity index (χ2n) is 6.27. The Morgan fingerprint density at radius 3 is 2.62 bits per heavy atom. The van der Waals surface area contributed by atoms with Crippen LogP contribution in [0.1, 0.15) is 25.5 Å². The molecule has 7 heteroatoms. The second kappa shape index (κ2) is 8.12. The largest absolute Gasteiger partial charge is 0.466 e. The van der Waals surface area contributed by atoms with E-state index < -0.39 is 0 Å². The maximum atomic E-state index is 13.0. The molecule has 0 bridgehead atoms. The van der Waals surface area contributed by atoms with E-state index in [9.17, 15) is 14.0 Å². The maximum absolute atomic E-state index is 13.0. The predicted molar refractivity (Wildman–Crippen MR) is 91.5 cm³/mol. The first-order chi connectivity index (χ1) is 12.6. The van der Waals surface area contributed by atoms with Crippen LogP contribution in [0.3, 0.4) is 0 Å². The molecule has 0 saturated carbocycles. The highest BCUT2D eigenvalue weighted by Gasteiger charge is 2.28. The second-order valence-corrected chi connectivity index (χ2v) is 6.27. The van der Waals surface area contributed by atoms with Gasteiger partial charge in [0.25, 0.3) is 0 Å². The number of hydrogen-bond acceptors (Lipinski definition) is 5. The fourth-order valence-electron chi connectivity index (χ4n) is 3.04. The normalized spacial score (nSPS) is 15.1. The van der Waals surface area contributed by atoms with Gasteiger partial charge in [0, 0.05) is 24.7 Å². The minimum absolute atomic E-state index is 0.0498. The number of piperidine rings is 1. The SMILES string of the molecule is CCOC(=O)C1CCN(C(=O)Cc2cc(-c3ccc(F)cc3)on2)CC1. The van der Waals surface area contributed by atoms with E-state index in [1.165, 1.54) is 12.1 Å². The van der Waals surface area contributed by atoms with E-state index in [4.69, 9.17) is 9.26 Å². The summed E-state index contributed by atoms with van der Waals surface area (Å²) in [6.45, 7) is 3.23. The minimum atomic E-state index is -0.324. The molecule has 1 aromatic heterocycles. The Kier molecular flexibility index (Phi) is 5.65. The van der Waals surface area contributed by atoms with E-state index in [0.29, 0.717) is 49.6 Å². The molecule has 1 aliphatic heterocycles. The number of ether oxygens (including phenoxy) is 1. The zero-order valence-electron chi connectivity index (χ0n) is 14.6. The number of benzene rings is 1. The third-order valence-corrected chi connectivity index (χ3v) is 4.49. The lowest BCUT2D eigenvalue weighted by atomic mass is 9.96. The zero-order chi connectivity index (χ0) is 18.5. The van der Waals surface area contributed by atoms with Crippen LogP contribution >= 0.6 is 0 Å². The van der Waals surface area contributed by atoms with Crippen molar-refractivity contribution in [3.8, 4) is 11.3 Å². The molecule has 6 nitrogen and oxygen atoms in total. The summed E-state index contributed by atoms with van der Waals surface area (Å²) in [5.41, 5.74) is 1.23. The third-order valence-electron chi connectivity index (χ3n) is 4.49. The number of halogens is 1. The van der Waals surface area contributed by atoms with E-state index in [1.807, 2.05) is 0 Å². The maximum Gasteiger partial charge on any atom is 0.309 e. The van der Waals surface area contributed by atoms with Crippen LogP contribution in [0.4, 0.5) is 4.39 Å². The Balaban J connectivity index is 1.54. The van der Waals surface area contributed by atoms with Gasteiger partial charge in [-0.25, -0.2) is 4.39 Å². The van der Waals surface area contributed by atoms with Gasteiger partial charge in [0.05, 0.1) is 24.6 Å². The summed E-state index contributed by atoms with van der Waals surface area (Å²) in [6.07, 6.45) is 1.36. The number of carbonyl (C=O) groups is 2. The molecule has 0 radical (unpaired) electrons. The molecule has 0 N–H and O–H groups in total. The van der Waals surface area contributed by atoms with Crippen LogP contribution < -0.4 is 0 Å². The van der Waals surface area contributed by atoms with Crippen LogP contribution in [0, 0.1) is 11.7 Å². The molecule has 1 aliphatic rings. The highest BCUT2D eigenvalue weighted by Crippen LogP contribution is 2.22. The van der Waals surface area contributed by atoms with Crippen LogP contribution in [0.5, 0.6) is 0 Å². The molecule has 1 fully saturated rings. The molecule has 138 valence electrons. The van der Waals surface area contributed by atoms with Gasteiger partial charge in [-0.15, -0.1) is 0 Å². The zero-order valence-corrected chi connectivity index (χ0v) is 14.6. The van der Waals surface area contributed by atoms with E-state index in [1.54, 1.807) is 30.0 Å². The molecule has 0 aliphatic carbocycles. The molecule has 2 heterocycles. The third kappa shape index (κ3) is 4.28. The molecule has 0 unspecified atom stereocenters. The fraction of sp³-hybridized carbons (Fsp3) is 0.421. The first kappa shape index (κ1) is 18.1. The van der Waals surface area contributed by atoms with Gasteiger partial charge >= 0.3 is 5.97 Å². The van der Waals surface area contributed by atoms with Crippen LogP contribution in [-0.2, 0) is 20.7 Å². The first-order valence-corrected chi connectivity index (χ1v) is 8.72. The molecular weight excluding hydrogens is 339 g/mol. The summed E-state index contributed by atoms with van der Waals surface area (Å²) < 4.78 is 23.3. The highest BCUT2D eigenvalue weighted by atomic mass is 19.1. The Labute approximate surface area is 150 Å². The lowest BCUT2D eigenvalue weighted by Gasteiger charge is -2.30. The number of esters is 1. The quantitative estimate of drug-likeness (QED) is 0.767. The number of hydrogen-bond donors (Lipinski definition) is 0. The number of amides is 1. The molecule has 0 atom stereocenters. The summed E-state index contributed by atoms with van der Waals surface area (Å²) >= 11 is 0. The van der Waals surface area contributed by atoms with Gasteiger partial charge < -0.3 is 14.2 Å². The molecule has 0 spiro atoms. The van der Waals surface area contributed by atoms with Gasteiger partial charge in [0.2, 0.25) is 5.91 Å². The van der Waals surface area contributed by atoms with Crippen molar-refractivity contribution < 1.29 is 23.2 Å². The van der Waals surface area contributed by atoms with Crippen LogP contribution in [0.15, 0.2) is 34.9 Å². The number of aromatic nitrogens is 1. The number of likely N-dealkylation sites (tertiary alicyclic amines) is 1. The molecular formula is C19H21FN2O4. The molecule has 2 aromatic rings. The molecule has 1 aromatic carbocycles. The Hall–Kier alpha value is -2.70. The average molecular weight is 360 g/mol. The topological polar surface area (TPSA) is 72.6 Å². The van der Waals surface area contributed by atoms with Gasteiger partial charge in [-0.2, -0.15) is 0 Å². The van der Waals surface area contributed by atoms with Gasteiger partial charge in [0.15, 0.2) is 5.76 Å². The van der Waals surface area contributed by atoms with Gasteiger partial charge in [-0.05, 0) is 44.0 Å². The van der Waals surface area contributed by atoms with Crippen molar-refractivity contribution in [3.63, 3.8) is 0 Å². The van der Waals surface area contributed by atoms with Crippen molar-refractivity contribution in [1.29, 1.82) is 0 Å².